The lowest BCUT2D eigenvalue weighted by atomic mass is 10.0. The van der Waals surface area contributed by atoms with E-state index in [4.69, 9.17) is 4.42 Å². The smallest absolute Gasteiger partial charge is 0.181 e. The Morgan fingerprint density at radius 3 is 2.63 bits per heavy atom. The molecule has 100 valence electrons. The lowest BCUT2D eigenvalue weighted by Gasteiger charge is -2.06. The van der Waals surface area contributed by atoms with Crippen molar-refractivity contribution in [1.82, 2.24) is 10.3 Å². The standard InChI is InChI=1S/C16H20N2O/c1-11(2)12-3-5-13(6-4-12)16-15(18-10-19-16)9-17-14-7-8-14/h3-6,10-11,14,17H,7-9H2,1-2H3. The van der Waals surface area contributed by atoms with Gasteiger partial charge in [0.1, 0.15) is 5.69 Å². The molecule has 0 bridgehead atoms. The van der Waals surface area contributed by atoms with Crippen LogP contribution < -0.4 is 5.32 Å². The van der Waals surface area contributed by atoms with Gasteiger partial charge in [-0.2, -0.15) is 0 Å². The third kappa shape index (κ3) is 2.87. The van der Waals surface area contributed by atoms with Crippen LogP contribution in [-0.4, -0.2) is 11.0 Å². The van der Waals surface area contributed by atoms with Crippen LogP contribution in [0.5, 0.6) is 0 Å². The summed E-state index contributed by atoms with van der Waals surface area (Å²) in [5.41, 5.74) is 3.46. The predicted octanol–water partition coefficient (Wildman–Crippen LogP) is 3.72. The van der Waals surface area contributed by atoms with E-state index < -0.39 is 0 Å². The minimum Gasteiger partial charge on any atom is -0.443 e. The molecular weight excluding hydrogens is 236 g/mol. The fourth-order valence-corrected chi connectivity index (χ4v) is 2.18. The molecule has 1 aliphatic rings. The monoisotopic (exact) mass is 256 g/mol. The number of oxazole rings is 1. The Balaban J connectivity index is 1.78. The molecule has 0 spiro atoms. The van der Waals surface area contributed by atoms with Crippen molar-refractivity contribution >= 4 is 0 Å². The van der Waals surface area contributed by atoms with Crippen molar-refractivity contribution in [2.45, 2.75) is 45.2 Å². The van der Waals surface area contributed by atoms with Crippen LogP contribution in [0.4, 0.5) is 0 Å². The van der Waals surface area contributed by atoms with Gasteiger partial charge in [-0.25, -0.2) is 4.98 Å². The summed E-state index contributed by atoms with van der Waals surface area (Å²) in [6, 6.07) is 9.27. The third-order valence-corrected chi connectivity index (χ3v) is 3.62. The van der Waals surface area contributed by atoms with Crippen molar-refractivity contribution in [3.8, 4) is 11.3 Å². The van der Waals surface area contributed by atoms with E-state index in [1.165, 1.54) is 24.8 Å². The van der Waals surface area contributed by atoms with Gasteiger partial charge in [0.2, 0.25) is 0 Å². The maximum Gasteiger partial charge on any atom is 0.181 e. The van der Waals surface area contributed by atoms with Gasteiger partial charge in [0, 0.05) is 18.2 Å². The molecule has 1 fully saturated rings. The molecule has 3 rings (SSSR count). The van der Waals surface area contributed by atoms with Crippen molar-refractivity contribution < 1.29 is 4.42 Å². The molecule has 1 aromatic carbocycles. The van der Waals surface area contributed by atoms with Crippen LogP contribution in [0.3, 0.4) is 0 Å². The topological polar surface area (TPSA) is 38.1 Å². The molecule has 0 radical (unpaired) electrons. The van der Waals surface area contributed by atoms with Crippen molar-refractivity contribution in [2.24, 2.45) is 0 Å². The van der Waals surface area contributed by atoms with E-state index in [9.17, 15) is 0 Å². The largest absolute Gasteiger partial charge is 0.443 e. The predicted molar refractivity (Wildman–Crippen MR) is 75.9 cm³/mol. The molecule has 3 heteroatoms. The number of hydrogen-bond acceptors (Lipinski definition) is 3. The maximum absolute atomic E-state index is 5.55. The zero-order valence-corrected chi connectivity index (χ0v) is 11.5. The second-order valence-corrected chi connectivity index (χ2v) is 5.56. The number of benzene rings is 1. The Labute approximate surface area is 114 Å². The molecule has 0 amide bonds. The molecule has 0 aliphatic heterocycles. The molecule has 0 atom stereocenters. The van der Waals surface area contributed by atoms with E-state index in [1.54, 1.807) is 0 Å². The van der Waals surface area contributed by atoms with Crippen LogP contribution in [0, 0.1) is 0 Å². The van der Waals surface area contributed by atoms with Gasteiger partial charge in [-0.3, -0.25) is 0 Å². The number of hydrogen-bond donors (Lipinski definition) is 1. The molecule has 1 N–H and O–H groups in total. The van der Waals surface area contributed by atoms with Crippen molar-refractivity contribution in [3.05, 3.63) is 41.9 Å². The van der Waals surface area contributed by atoms with Gasteiger partial charge in [0.15, 0.2) is 12.2 Å². The van der Waals surface area contributed by atoms with E-state index in [2.05, 4.69) is 48.4 Å². The van der Waals surface area contributed by atoms with Gasteiger partial charge in [-0.15, -0.1) is 0 Å². The quantitative estimate of drug-likeness (QED) is 0.886. The van der Waals surface area contributed by atoms with Gasteiger partial charge >= 0.3 is 0 Å². The molecule has 3 nitrogen and oxygen atoms in total. The summed E-state index contributed by atoms with van der Waals surface area (Å²) in [7, 11) is 0. The third-order valence-electron chi connectivity index (χ3n) is 3.62. The summed E-state index contributed by atoms with van der Waals surface area (Å²) < 4.78 is 5.55. The van der Waals surface area contributed by atoms with Crippen molar-refractivity contribution in [1.29, 1.82) is 0 Å². The first-order chi connectivity index (χ1) is 9.24. The van der Waals surface area contributed by atoms with Gasteiger partial charge in [-0.1, -0.05) is 38.1 Å². The summed E-state index contributed by atoms with van der Waals surface area (Å²) in [6.45, 7) is 5.20. The Kier molecular flexibility index (Phi) is 3.38. The lowest BCUT2D eigenvalue weighted by Crippen LogP contribution is -2.15. The van der Waals surface area contributed by atoms with E-state index in [-0.39, 0.29) is 0 Å². The summed E-state index contributed by atoms with van der Waals surface area (Å²) in [6.07, 6.45) is 4.11. The maximum atomic E-state index is 5.55. The summed E-state index contributed by atoms with van der Waals surface area (Å²) >= 11 is 0. The van der Waals surface area contributed by atoms with Gasteiger partial charge in [-0.05, 0) is 24.3 Å². The zero-order valence-electron chi connectivity index (χ0n) is 11.5. The first kappa shape index (κ1) is 12.4. The highest BCUT2D eigenvalue weighted by Gasteiger charge is 2.21. The summed E-state index contributed by atoms with van der Waals surface area (Å²) in [5, 5.41) is 3.48. The van der Waals surface area contributed by atoms with Crippen molar-refractivity contribution in [3.63, 3.8) is 0 Å². The Morgan fingerprint density at radius 2 is 2.00 bits per heavy atom. The average Bonchev–Trinajstić information content (AvgIpc) is 3.13. The van der Waals surface area contributed by atoms with Gasteiger partial charge in [0.05, 0.1) is 0 Å². The fraction of sp³-hybridized carbons (Fsp3) is 0.438. The van der Waals surface area contributed by atoms with Crippen LogP contribution in [0.25, 0.3) is 11.3 Å². The fourth-order valence-electron chi connectivity index (χ4n) is 2.18. The first-order valence-corrected chi connectivity index (χ1v) is 7.00. The molecule has 1 saturated carbocycles. The van der Waals surface area contributed by atoms with E-state index in [0.29, 0.717) is 12.0 Å². The number of nitrogens with one attached hydrogen (secondary N) is 1. The van der Waals surface area contributed by atoms with Crippen molar-refractivity contribution in [2.75, 3.05) is 0 Å². The summed E-state index contributed by atoms with van der Waals surface area (Å²) in [5.74, 6) is 1.45. The second-order valence-electron chi connectivity index (χ2n) is 5.56. The summed E-state index contributed by atoms with van der Waals surface area (Å²) in [4.78, 5) is 4.32. The highest BCUT2D eigenvalue weighted by Crippen LogP contribution is 2.26. The Hall–Kier alpha value is -1.61. The molecule has 0 unspecified atom stereocenters. The minimum atomic E-state index is 0.555. The number of nitrogens with zero attached hydrogens (tertiary/aromatic N) is 1. The Morgan fingerprint density at radius 1 is 1.26 bits per heavy atom. The number of rotatable bonds is 5. The molecule has 1 heterocycles. The first-order valence-electron chi connectivity index (χ1n) is 7.00. The lowest BCUT2D eigenvalue weighted by molar-refractivity contribution is 0.569. The van der Waals surface area contributed by atoms with Gasteiger partial charge in [0.25, 0.3) is 0 Å². The normalized spacial score (nSPS) is 15.1. The van der Waals surface area contributed by atoms with Crippen LogP contribution in [-0.2, 0) is 6.54 Å². The zero-order chi connectivity index (χ0) is 13.2. The van der Waals surface area contributed by atoms with Gasteiger partial charge < -0.3 is 9.73 Å². The van der Waals surface area contributed by atoms with Crippen LogP contribution in [0.2, 0.25) is 0 Å². The SMILES string of the molecule is CC(C)c1ccc(-c2ocnc2CNC2CC2)cc1. The van der Waals surface area contributed by atoms with E-state index >= 15 is 0 Å². The highest BCUT2D eigenvalue weighted by molar-refractivity contribution is 5.60. The van der Waals surface area contributed by atoms with E-state index in [0.717, 1.165) is 23.6 Å². The molecule has 19 heavy (non-hydrogen) atoms. The molecule has 0 saturated heterocycles. The van der Waals surface area contributed by atoms with Crippen LogP contribution in [0.1, 0.15) is 43.9 Å². The molecule has 1 aromatic heterocycles. The number of aromatic nitrogens is 1. The van der Waals surface area contributed by atoms with Crippen LogP contribution in [0.15, 0.2) is 35.1 Å². The van der Waals surface area contributed by atoms with Crippen LogP contribution >= 0.6 is 0 Å². The molecule has 2 aromatic rings. The minimum absolute atomic E-state index is 0.555. The molecule has 1 aliphatic carbocycles. The highest BCUT2D eigenvalue weighted by atomic mass is 16.3. The van der Waals surface area contributed by atoms with E-state index in [1.807, 2.05) is 0 Å². The average molecular weight is 256 g/mol. The molecular formula is C16H20N2O. The Bertz CT molecular complexity index is 538. The second kappa shape index (κ2) is 5.17.